The van der Waals surface area contributed by atoms with Crippen LogP contribution in [0.25, 0.3) is 0 Å². The molecule has 1 aliphatic rings. The van der Waals surface area contributed by atoms with Gasteiger partial charge in [0, 0.05) is 19.6 Å². The lowest BCUT2D eigenvalue weighted by Gasteiger charge is -2.17. The molecule has 0 amide bonds. The van der Waals surface area contributed by atoms with Gasteiger partial charge in [-0.05, 0) is 53.1 Å². The zero-order valence-electron chi connectivity index (χ0n) is 11.8. The Hall–Kier alpha value is -0.600. The molecule has 98 valence electrons. The van der Waals surface area contributed by atoms with E-state index in [2.05, 4.69) is 43.1 Å². The average Bonchev–Trinajstić information content (AvgIpc) is 2.54. The molecule has 17 heavy (non-hydrogen) atoms. The van der Waals surface area contributed by atoms with Crippen molar-refractivity contribution in [1.82, 2.24) is 10.2 Å². The molecule has 1 fully saturated rings. The van der Waals surface area contributed by atoms with E-state index in [4.69, 9.17) is 0 Å². The number of rotatable bonds is 5. The molecular formula is C15H28N2. The predicted octanol–water partition coefficient (Wildman–Crippen LogP) is 2.97. The summed E-state index contributed by atoms with van der Waals surface area (Å²) in [6, 6.07) is 0. The molecule has 1 aliphatic heterocycles. The van der Waals surface area contributed by atoms with Gasteiger partial charge in [0.1, 0.15) is 0 Å². The normalized spacial score (nSPS) is 18.9. The van der Waals surface area contributed by atoms with Gasteiger partial charge in [-0.3, -0.25) is 4.90 Å². The minimum atomic E-state index is 1.13. The van der Waals surface area contributed by atoms with Crippen molar-refractivity contribution in [2.45, 2.75) is 40.0 Å². The molecule has 0 saturated carbocycles. The largest absolute Gasteiger partial charge is 0.315 e. The van der Waals surface area contributed by atoms with E-state index < -0.39 is 0 Å². The van der Waals surface area contributed by atoms with Crippen molar-refractivity contribution in [3.05, 3.63) is 23.3 Å². The highest BCUT2D eigenvalue weighted by atomic mass is 15.1. The molecule has 0 bridgehead atoms. The van der Waals surface area contributed by atoms with Crippen molar-refractivity contribution in [2.75, 3.05) is 32.7 Å². The van der Waals surface area contributed by atoms with Gasteiger partial charge in [0.25, 0.3) is 0 Å². The van der Waals surface area contributed by atoms with Gasteiger partial charge < -0.3 is 5.32 Å². The predicted molar refractivity (Wildman–Crippen MR) is 76.3 cm³/mol. The van der Waals surface area contributed by atoms with E-state index in [0.29, 0.717) is 0 Å². The van der Waals surface area contributed by atoms with E-state index in [1.54, 1.807) is 0 Å². The Bertz CT molecular complexity index is 254. The van der Waals surface area contributed by atoms with E-state index in [0.717, 1.165) is 13.1 Å². The maximum absolute atomic E-state index is 3.44. The van der Waals surface area contributed by atoms with E-state index in [9.17, 15) is 0 Å². The third-order valence-corrected chi connectivity index (χ3v) is 3.22. The highest BCUT2D eigenvalue weighted by Gasteiger charge is 2.06. The van der Waals surface area contributed by atoms with Gasteiger partial charge in [-0.15, -0.1) is 0 Å². The highest BCUT2D eigenvalue weighted by molar-refractivity contribution is 5.03. The summed E-state index contributed by atoms with van der Waals surface area (Å²) in [6.07, 6.45) is 8.41. The summed E-state index contributed by atoms with van der Waals surface area (Å²) >= 11 is 0. The van der Waals surface area contributed by atoms with Crippen LogP contribution in [-0.4, -0.2) is 37.6 Å². The fourth-order valence-electron chi connectivity index (χ4n) is 2.06. The Balaban J connectivity index is 2.23. The molecule has 1 N–H and O–H groups in total. The standard InChI is InChI=1S/C15H28N2/c1-14(2)6-4-7-15(3)8-12-17-11-5-9-16-10-13-17/h6,8,16H,4-5,7,9-13H2,1-3H3/b15-8+. The fourth-order valence-corrected chi connectivity index (χ4v) is 2.06. The number of hydrogen-bond acceptors (Lipinski definition) is 2. The van der Waals surface area contributed by atoms with Crippen LogP contribution in [0, 0.1) is 0 Å². The van der Waals surface area contributed by atoms with Crippen LogP contribution in [0.4, 0.5) is 0 Å². The second-order valence-corrected chi connectivity index (χ2v) is 5.27. The Kier molecular flexibility index (Phi) is 7.22. The Morgan fingerprint density at radius 3 is 2.71 bits per heavy atom. The van der Waals surface area contributed by atoms with Crippen LogP contribution in [0.15, 0.2) is 23.3 Å². The molecule has 1 saturated heterocycles. The van der Waals surface area contributed by atoms with Gasteiger partial charge in [0.05, 0.1) is 0 Å². The summed E-state index contributed by atoms with van der Waals surface area (Å²) in [7, 11) is 0. The van der Waals surface area contributed by atoms with Crippen LogP contribution in [0.1, 0.15) is 40.0 Å². The van der Waals surface area contributed by atoms with E-state index in [1.165, 1.54) is 50.0 Å². The Labute approximate surface area is 107 Å². The summed E-state index contributed by atoms with van der Waals surface area (Å²) in [4.78, 5) is 2.55. The van der Waals surface area contributed by atoms with Gasteiger partial charge in [0.15, 0.2) is 0 Å². The first-order valence-electron chi connectivity index (χ1n) is 6.90. The SMILES string of the molecule is CC(C)=CCC/C(C)=C/CN1CCCNCC1. The molecule has 0 aromatic rings. The smallest absolute Gasteiger partial charge is 0.0166 e. The topological polar surface area (TPSA) is 15.3 Å². The third kappa shape index (κ3) is 7.35. The van der Waals surface area contributed by atoms with E-state index in [1.807, 2.05) is 0 Å². The monoisotopic (exact) mass is 236 g/mol. The zero-order valence-corrected chi connectivity index (χ0v) is 11.8. The van der Waals surface area contributed by atoms with Crippen LogP contribution in [-0.2, 0) is 0 Å². The minimum absolute atomic E-state index is 1.13. The molecule has 0 radical (unpaired) electrons. The van der Waals surface area contributed by atoms with Crippen molar-refractivity contribution in [3.8, 4) is 0 Å². The van der Waals surface area contributed by atoms with Crippen LogP contribution in [0.5, 0.6) is 0 Å². The second-order valence-electron chi connectivity index (χ2n) is 5.27. The van der Waals surface area contributed by atoms with Crippen LogP contribution in [0.2, 0.25) is 0 Å². The van der Waals surface area contributed by atoms with Crippen molar-refractivity contribution in [2.24, 2.45) is 0 Å². The zero-order chi connectivity index (χ0) is 12.5. The Morgan fingerprint density at radius 1 is 1.12 bits per heavy atom. The summed E-state index contributed by atoms with van der Waals surface area (Å²) in [6.45, 7) is 12.5. The van der Waals surface area contributed by atoms with Gasteiger partial charge in [-0.2, -0.15) is 0 Å². The molecule has 2 nitrogen and oxygen atoms in total. The second kappa shape index (κ2) is 8.48. The van der Waals surface area contributed by atoms with Gasteiger partial charge in [-0.25, -0.2) is 0 Å². The van der Waals surface area contributed by atoms with Crippen LogP contribution >= 0.6 is 0 Å². The first-order chi connectivity index (χ1) is 8.18. The molecule has 1 heterocycles. The molecule has 0 spiro atoms. The summed E-state index contributed by atoms with van der Waals surface area (Å²) in [5.41, 5.74) is 2.95. The molecule has 0 unspecified atom stereocenters. The lowest BCUT2D eigenvalue weighted by Crippen LogP contribution is -2.28. The fraction of sp³-hybridized carbons (Fsp3) is 0.733. The highest BCUT2D eigenvalue weighted by Crippen LogP contribution is 2.07. The molecule has 0 aromatic carbocycles. The van der Waals surface area contributed by atoms with E-state index >= 15 is 0 Å². The Morgan fingerprint density at radius 2 is 1.94 bits per heavy atom. The van der Waals surface area contributed by atoms with Crippen molar-refractivity contribution in [1.29, 1.82) is 0 Å². The maximum Gasteiger partial charge on any atom is 0.0166 e. The summed E-state index contributed by atoms with van der Waals surface area (Å²) < 4.78 is 0. The molecule has 2 heteroatoms. The molecule has 0 aliphatic carbocycles. The van der Waals surface area contributed by atoms with Crippen molar-refractivity contribution < 1.29 is 0 Å². The summed E-state index contributed by atoms with van der Waals surface area (Å²) in [5, 5.41) is 3.44. The summed E-state index contributed by atoms with van der Waals surface area (Å²) in [5.74, 6) is 0. The van der Waals surface area contributed by atoms with Crippen LogP contribution < -0.4 is 5.32 Å². The number of nitrogens with zero attached hydrogens (tertiary/aromatic N) is 1. The number of nitrogens with one attached hydrogen (secondary N) is 1. The quantitative estimate of drug-likeness (QED) is 0.738. The first-order valence-corrected chi connectivity index (χ1v) is 6.90. The lowest BCUT2D eigenvalue weighted by molar-refractivity contribution is 0.323. The molecular weight excluding hydrogens is 208 g/mol. The van der Waals surface area contributed by atoms with Crippen molar-refractivity contribution in [3.63, 3.8) is 0 Å². The van der Waals surface area contributed by atoms with Gasteiger partial charge in [-0.1, -0.05) is 23.3 Å². The van der Waals surface area contributed by atoms with E-state index in [-0.39, 0.29) is 0 Å². The first kappa shape index (κ1) is 14.5. The van der Waals surface area contributed by atoms with Gasteiger partial charge >= 0.3 is 0 Å². The average molecular weight is 236 g/mol. The van der Waals surface area contributed by atoms with Gasteiger partial charge in [0.2, 0.25) is 0 Å². The van der Waals surface area contributed by atoms with Crippen LogP contribution in [0.3, 0.4) is 0 Å². The molecule has 0 aromatic heterocycles. The minimum Gasteiger partial charge on any atom is -0.315 e. The molecule has 1 rings (SSSR count). The number of allylic oxidation sites excluding steroid dienone is 3. The lowest BCUT2D eigenvalue weighted by atomic mass is 10.1. The maximum atomic E-state index is 3.44. The van der Waals surface area contributed by atoms with Crippen molar-refractivity contribution >= 4 is 0 Å². The number of hydrogen-bond donors (Lipinski definition) is 1. The molecule has 0 atom stereocenters. The third-order valence-electron chi connectivity index (χ3n) is 3.22.